The van der Waals surface area contributed by atoms with Crippen molar-refractivity contribution < 1.29 is 23.1 Å². The number of ether oxygens (including phenoxy) is 1. The summed E-state index contributed by atoms with van der Waals surface area (Å²) in [7, 11) is 0. The van der Waals surface area contributed by atoms with E-state index >= 15 is 0 Å². The molecule has 1 atom stereocenters. The van der Waals surface area contributed by atoms with Gasteiger partial charge in [-0.25, -0.2) is 9.78 Å². The summed E-state index contributed by atoms with van der Waals surface area (Å²) in [5.41, 5.74) is 2.20. The molecule has 1 N–H and O–H groups in total. The van der Waals surface area contributed by atoms with Crippen LogP contribution in [0.25, 0.3) is 5.65 Å². The minimum absolute atomic E-state index is 0.0732. The van der Waals surface area contributed by atoms with Crippen molar-refractivity contribution in [3.8, 4) is 5.75 Å². The van der Waals surface area contributed by atoms with Crippen LogP contribution in [0.15, 0.2) is 48.8 Å². The summed E-state index contributed by atoms with van der Waals surface area (Å²) in [5, 5.41) is 2.78. The Morgan fingerprint density at radius 3 is 2.61 bits per heavy atom. The van der Waals surface area contributed by atoms with Gasteiger partial charge in [-0.3, -0.25) is 9.69 Å². The molecule has 0 spiro atoms. The fourth-order valence-electron chi connectivity index (χ4n) is 3.73. The highest BCUT2D eigenvalue weighted by molar-refractivity contribution is 6.06. The highest BCUT2D eigenvalue weighted by Crippen LogP contribution is 2.26. The average molecular weight is 428 g/mol. The van der Waals surface area contributed by atoms with Gasteiger partial charge in [-0.2, -0.15) is 8.78 Å². The van der Waals surface area contributed by atoms with E-state index in [0.717, 1.165) is 16.8 Å². The number of carbonyl (C=O) groups is 2. The molecule has 3 aromatic rings. The van der Waals surface area contributed by atoms with Gasteiger partial charge < -0.3 is 14.5 Å². The third kappa shape index (κ3) is 4.21. The minimum atomic E-state index is -2.88. The van der Waals surface area contributed by atoms with Crippen LogP contribution in [0, 0.1) is 6.92 Å². The molecule has 0 unspecified atom stereocenters. The van der Waals surface area contributed by atoms with Crippen molar-refractivity contribution in [2.75, 3.05) is 0 Å². The molecule has 9 heteroatoms. The second-order valence-electron chi connectivity index (χ2n) is 7.83. The second-order valence-corrected chi connectivity index (χ2v) is 7.83. The largest absolute Gasteiger partial charge is 0.435 e. The van der Waals surface area contributed by atoms with Crippen molar-refractivity contribution in [3.63, 3.8) is 0 Å². The Balaban J connectivity index is 1.43. The summed E-state index contributed by atoms with van der Waals surface area (Å²) in [6, 6.07) is 9.64. The summed E-state index contributed by atoms with van der Waals surface area (Å²) in [6.07, 6.45) is 4.53. The van der Waals surface area contributed by atoms with E-state index in [2.05, 4.69) is 15.0 Å². The van der Waals surface area contributed by atoms with Gasteiger partial charge in [0.1, 0.15) is 16.9 Å². The van der Waals surface area contributed by atoms with E-state index in [4.69, 9.17) is 0 Å². The van der Waals surface area contributed by atoms with Crippen LogP contribution in [-0.4, -0.2) is 38.4 Å². The monoisotopic (exact) mass is 428 g/mol. The number of benzene rings is 1. The molecule has 7 nitrogen and oxygen atoms in total. The first kappa shape index (κ1) is 20.8. The highest BCUT2D eigenvalue weighted by atomic mass is 19.3. The molecule has 0 aliphatic carbocycles. The minimum Gasteiger partial charge on any atom is -0.435 e. The molecule has 1 aliphatic heterocycles. The van der Waals surface area contributed by atoms with Crippen molar-refractivity contribution in [2.45, 2.75) is 45.4 Å². The van der Waals surface area contributed by atoms with E-state index in [0.29, 0.717) is 18.5 Å². The first-order chi connectivity index (χ1) is 14.7. The lowest BCUT2D eigenvalue weighted by Crippen LogP contribution is -2.44. The molecule has 1 aromatic carbocycles. The van der Waals surface area contributed by atoms with Crippen LogP contribution in [-0.2, 0) is 17.8 Å². The molecule has 0 bridgehead atoms. The SMILES string of the molecule is Cc1cccn2cc(CN3C(=O)N[C@@](C)(CCc4ccc(OC(F)F)cc4)C3=O)nc12. The van der Waals surface area contributed by atoms with Gasteiger partial charge in [0.25, 0.3) is 5.91 Å². The Bertz CT molecular complexity index is 1130. The topological polar surface area (TPSA) is 75.9 Å². The van der Waals surface area contributed by atoms with Gasteiger partial charge >= 0.3 is 12.6 Å². The van der Waals surface area contributed by atoms with Crippen LogP contribution in [0.4, 0.5) is 13.6 Å². The number of imidazole rings is 1. The predicted octanol–water partition coefficient (Wildman–Crippen LogP) is 3.69. The number of fused-ring (bicyclic) bond motifs is 1. The maximum absolute atomic E-state index is 13.0. The lowest BCUT2D eigenvalue weighted by Gasteiger charge is -2.21. The molecule has 1 fully saturated rings. The summed E-state index contributed by atoms with van der Waals surface area (Å²) < 4.78 is 30.7. The van der Waals surface area contributed by atoms with Crippen LogP contribution in [0.1, 0.15) is 30.2 Å². The van der Waals surface area contributed by atoms with Gasteiger partial charge in [0, 0.05) is 12.4 Å². The quantitative estimate of drug-likeness (QED) is 0.583. The molecule has 1 aliphatic rings. The molecule has 1 saturated heterocycles. The number of imide groups is 1. The van der Waals surface area contributed by atoms with Crippen LogP contribution in [0.5, 0.6) is 5.75 Å². The number of nitrogens with one attached hydrogen (secondary N) is 1. The predicted molar refractivity (Wildman–Crippen MR) is 109 cm³/mol. The number of halogens is 2. The van der Waals surface area contributed by atoms with E-state index in [1.165, 1.54) is 17.0 Å². The Hall–Kier alpha value is -3.49. The standard InChI is InChI=1S/C22H22F2N4O3/c1-14-4-3-11-27-12-16(25-18(14)27)13-28-19(29)22(2,26-21(28)30)10-9-15-5-7-17(8-6-15)31-20(23)24/h3-8,11-12,20H,9-10,13H2,1-2H3,(H,26,30)/t22-/m0/s1. The highest BCUT2D eigenvalue weighted by Gasteiger charge is 2.47. The number of rotatable bonds is 7. The van der Waals surface area contributed by atoms with Gasteiger partial charge in [-0.1, -0.05) is 18.2 Å². The first-order valence-corrected chi connectivity index (χ1v) is 9.86. The van der Waals surface area contributed by atoms with E-state index < -0.39 is 18.2 Å². The maximum Gasteiger partial charge on any atom is 0.387 e. The van der Waals surface area contributed by atoms with Crippen LogP contribution in [0.3, 0.4) is 0 Å². The van der Waals surface area contributed by atoms with E-state index in [1.54, 1.807) is 19.1 Å². The number of aromatic nitrogens is 2. The van der Waals surface area contributed by atoms with Crippen LogP contribution in [0.2, 0.25) is 0 Å². The van der Waals surface area contributed by atoms with Crippen molar-refractivity contribution in [2.24, 2.45) is 0 Å². The van der Waals surface area contributed by atoms with Gasteiger partial charge in [0.15, 0.2) is 0 Å². The number of aryl methyl sites for hydroxylation is 2. The number of carbonyl (C=O) groups excluding carboxylic acids is 2. The lowest BCUT2D eigenvalue weighted by atomic mass is 9.93. The average Bonchev–Trinajstić information content (AvgIpc) is 3.23. The molecule has 0 saturated carbocycles. The van der Waals surface area contributed by atoms with Crippen LogP contribution < -0.4 is 10.1 Å². The smallest absolute Gasteiger partial charge is 0.387 e. The molecule has 31 heavy (non-hydrogen) atoms. The Labute approximate surface area is 177 Å². The first-order valence-electron chi connectivity index (χ1n) is 9.86. The fourth-order valence-corrected chi connectivity index (χ4v) is 3.73. The van der Waals surface area contributed by atoms with Gasteiger partial charge in [-0.05, 0) is 56.0 Å². The summed E-state index contributed by atoms with van der Waals surface area (Å²) in [6.45, 7) is 0.846. The van der Waals surface area contributed by atoms with E-state index in [-0.39, 0.29) is 18.2 Å². The van der Waals surface area contributed by atoms with Crippen molar-refractivity contribution in [1.82, 2.24) is 19.6 Å². The molecule has 4 rings (SSSR count). The van der Waals surface area contributed by atoms with Gasteiger partial charge in [-0.15, -0.1) is 0 Å². The summed E-state index contributed by atoms with van der Waals surface area (Å²) in [5.74, 6) is -0.243. The normalized spacial score (nSPS) is 18.8. The molecule has 3 amide bonds. The molecular weight excluding hydrogens is 406 g/mol. The second kappa shape index (κ2) is 7.98. The summed E-state index contributed by atoms with van der Waals surface area (Å²) >= 11 is 0. The van der Waals surface area contributed by atoms with E-state index in [1.807, 2.05) is 35.9 Å². The molecular formula is C22H22F2N4O3. The number of hydrogen-bond donors (Lipinski definition) is 1. The number of nitrogens with zero attached hydrogens (tertiary/aromatic N) is 3. The van der Waals surface area contributed by atoms with Crippen LogP contribution >= 0.6 is 0 Å². The lowest BCUT2D eigenvalue weighted by molar-refractivity contribution is -0.131. The third-order valence-electron chi connectivity index (χ3n) is 5.46. The van der Waals surface area contributed by atoms with Crippen molar-refractivity contribution >= 4 is 17.6 Å². The third-order valence-corrected chi connectivity index (χ3v) is 5.46. The number of pyridine rings is 1. The fraction of sp³-hybridized carbons (Fsp3) is 0.318. The Morgan fingerprint density at radius 2 is 1.94 bits per heavy atom. The maximum atomic E-state index is 13.0. The number of urea groups is 1. The molecule has 2 aromatic heterocycles. The van der Waals surface area contributed by atoms with Gasteiger partial charge in [0.2, 0.25) is 0 Å². The van der Waals surface area contributed by atoms with Crippen molar-refractivity contribution in [3.05, 3.63) is 65.6 Å². The Kier molecular flexibility index (Phi) is 5.34. The van der Waals surface area contributed by atoms with E-state index in [9.17, 15) is 18.4 Å². The van der Waals surface area contributed by atoms with Crippen molar-refractivity contribution in [1.29, 1.82) is 0 Å². The molecule has 3 heterocycles. The molecule has 162 valence electrons. The zero-order valence-electron chi connectivity index (χ0n) is 17.1. The Morgan fingerprint density at radius 1 is 1.19 bits per heavy atom. The number of alkyl halides is 2. The molecule has 0 radical (unpaired) electrons. The van der Waals surface area contributed by atoms with Gasteiger partial charge in [0.05, 0.1) is 12.2 Å². The summed E-state index contributed by atoms with van der Waals surface area (Å²) in [4.78, 5) is 31.3. The number of amides is 3. The zero-order valence-corrected chi connectivity index (χ0v) is 17.1. The zero-order chi connectivity index (χ0) is 22.2. The number of hydrogen-bond acceptors (Lipinski definition) is 4.